The van der Waals surface area contributed by atoms with E-state index in [2.05, 4.69) is 6.58 Å². The summed E-state index contributed by atoms with van der Waals surface area (Å²) in [4.78, 5) is 0.161. The van der Waals surface area contributed by atoms with Gasteiger partial charge in [-0.05, 0) is 29.1 Å². The molecule has 3 rings (SSSR count). The van der Waals surface area contributed by atoms with Crippen LogP contribution in [0, 0.1) is 0 Å². The van der Waals surface area contributed by atoms with E-state index in [1.54, 1.807) is 12.1 Å². The van der Waals surface area contributed by atoms with E-state index in [0.29, 0.717) is 5.39 Å². The zero-order valence-electron chi connectivity index (χ0n) is 12.5. The van der Waals surface area contributed by atoms with E-state index in [-0.39, 0.29) is 29.5 Å². The van der Waals surface area contributed by atoms with E-state index in [0.717, 1.165) is 16.2 Å². The molecule has 0 saturated carbocycles. The predicted octanol–water partition coefficient (Wildman–Crippen LogP) is 3.85. The minimum Gasteiger partial charge on any atom is -0.384 e. The molecule has 0 fully saturated rings. The van der Waals surface area contributed by atoms with Crippen LogP contribution in [0.25, 0.3) is 21.5 Å². The Morgan fingerprint density at radius 1 is 0.909 bits per heavy atom. The second-order valence-corrected chi connectivity index (χ2v) is 6.39. The minimum absolute atomic E-state index is 0. The summed E-state index contributed by atoms with van der Waals surface area (Å²) in [6.45, 7) is 5.01. The number of hydrogen-bond donors (Lipinski definition) is 0. The van der Waals surface area contributed by atoms with Gasteiger partial charge in [0, 0.05) is 24.2 Å². The van der Waals surface area contributed by atoms with Crippen LogP contribution in [0.2, 0.25) is 0 Å². The van der Waals surface area contributed by atoms with E-state index in [1.165, 1.54) is 6.92 Å². The Labute approximate surface area is 141 Å². The summed E-state index contributed by atoms with van der Waals surface area (Å²) in [5.74, 6) is 0.146. The van der Waals surface area contributed by atoms with Crippen molar-refractivity contribution >= 4 is 50.5 Å². The third-order valence-corrected chi connectivity index (χ3v) is 4.67. The zero-order valence-corrected chi connectivity index (χ0v) is 13.4. The SMILES string of the molecule is C=C(C)OS(=O)(=O)c1cccc2c1ccc1ccccc12.[Li]. The third-order valence-electron chi connectivity index (χ3n) is 3.27. The Morgan fingerprint density at radius 3 is 2.32 bits per heavy atom. The normalized spacial score (nSPS) is 11.1. The molecule has 107 valence electrons. The predicted molar refractivity (Wildman–Crippen MR) is 90.3 cm³/mol. The van der Waals surface area contributed by atoms with Crippen molar-refractivity contribution in [1.82, 2.24) is 0 Å². The molecular weight excluding hydrogens is 291 g/mol. The van der Waals surface area contributed by atoms with Crippen molar-refractivity contribution in [1.29, 1.82) is 0 Å². The quantitative estimate of drug-likeness (QED) is 0.319. The van der Waals surface area contributed by atoms with E-state index >= 15 is 0 Å². The largest absolute Gasteiger partial charge is 0.384 e. The van der Waals surface area contributed by atoms with Crippen molar-refractivity contribution in [3.8, 4) is 0 Å². The number of allylic oxidation sites excluding steroid dienone is 1. The monoisotopic (exact) mass is 305 g/mol. The van der Waals surface area contributed by atoms with Gasteiger partial charge in [-0.25, -0.2) is 0 Å². The number of benzene rings is 3. The average Bonchev–Trinajstić information content (AvgIpc) is 2.45. The number of fused-ring (bicyclic) bond motifs is 3. The molecular formula is C17H14LiO3S. The molecule has 3 nitrogen and oxygen atoms in total. The summed E-state index contributed by atoms with van der Waals surface area (Å²) in [6.07, 6.45) is 0. The molecule has 0 bridgehead atoms. The second-order valence-electron chi connectivity index (χ2n) is 4.88. The summed E-state index contributed by atoms with van der Waals surface area (Å²) in [5.41, 5.74) is 0. The molecule has 0 amide bonds. The van der Waals surface area contributed by atoms with Crippen molar-refractivity contribution < 1.29 is 12.6 Å². The fourth-order valence-corrected chi connectivity index (χ4v) is 3.62. The van der Waals surface area contributed by atoms with Gasteiger partial charge in [0.2, 0.25) is 0 Å². The molecule has 1 radical (unpaired) electrons. The van der Waals surface area contributed by atoms with Gasteiger partial charge in [0.1, 0.15) is 10.7 Å². The van der Waals surface area contributed by atoms with Crippen molar-refractivity contribution in [2.24, 2.45) is 0 Å². The van der Waals surface area contributed by atoms with E-state index < -0.39 is 10.1 Å². The standard InChI is InChI=1S/C17H14O3S.Li/c1-12(2)20-21(18,19)17-9-5-8-15-14-7-4-3-6-13(14)10-11-16(15)17;/h3-11H,1H2,2H3;. The molecule has 0 spiro atoms. The van der Waals surface area contributed by atoms with Gasteiger partial charge in [-0.15, -0.1) is 0 Å². The Bertz CT molecular complexity index is 962. The zero-order chi connectivity index (χ0) is 15.0. The topological polar surface area (TPSA) is 43.4 Å². The summed E-state index contributed by atoms with van der Waals surface area (Å²) in [6, 6.07) is 16.8. The van der Waals surface area contributed by atoms with Crippen LogP contribution in [0.4, 0.5) is 0 Å². The van der Waals surface area contributed by atoms with Crippen molar-refractivity contribution in [3.05, 3.63) is 66.9 Å². The maximum absolute atomic E-state index is 12.3. The molecule has 3 aromatic carbocycles. The van der Waals surface area contributed by atoms with Crippen molar-refractivity contribution in [2.75, 3.05) is 0 Å². The first-order valence-electron chi connectivity index (χ1n) is 6.49. The van der Waals surface area contributed by atoms with E-state index in [1.807, 2.05) is 42.5 Å². The van der Waals surface area contributed by atoms with Gasteiger partial charge in [0.15, 0.2) is 0 Å². The van der Waals surface area contributed by atoms with Crippen LogP contribution in [-0.2, 0) is 14.3 Å². The molecule has 0 aliphatic heterocycles. The van der Waals surface area contributed by atoms with Gasteiger partial charge in [0.05, 0.1) is 0 Å². The van der Waals surface area contributed by atoms with Crippen molar-refractivity contribution in [2.45, 2.75) is 11.8 Å². The first-order chi connectivity index (χ1) is 9.99. The molecule has 0 atom stereocenters. The summed E-state index contributed by atoms with van der Waals surface area (Å²) < 4.78 is 29.5. The van der Waals surface area contributed by atoms with Crippen molar-refractivity contribution in [3.63, 3.8) is 0 Å². The summed E-state index contributed by atoms with van der Waals surface area (Å²) >= 11 is 0. The summed E-state index contributed by atoms with van der Waals surface area (Å²) in [5, 5.41) is 3.62. The van der Waals surface area contributed by atoms with Crippen LogP contribution < -0.4 is 0 Å². The molecule has 0 aliphatic carbocycles. The molecule has 3 aromatic rings. The molecule has 0 aliphatic rings. The molecule has 5 heteroatoms. The molecule has 0 heterocycles. The van der Waals surface area contributed by atoms with Crippen LogP contribution in [-0.4, -0.2) is 27.3 Å². The Balaban J connectivity index is 0.00000176. The molecule has 0 saturated heterocycles. The van der Waals surface area contributed by atoms with Crippen LogP contribution in [0.15, 0.2) is 71.8 Å². The molecule has 0 N–H and O–H groups in total. The van der Waals surface area contributed by atoms with E-state index in [4.69, 9.17) is 4.18 Å². The Hall–Kier alpha value is -1.73. The van der Waals surface area contributed by atoms with Gasteiger partial charge >= 0.3 is 10.1 Å². The smallest absolute Gasteiger partial charge is 0.339 e. The molecule has 22 heavy (non-hydrogen) atoms. The van der Waals surface area contributed by atoms with E-state index in [9.17, 15) is 8.42 Å². The number of rotatable bonds is 3. The van der Waals surface area contributed by atoms with Crippen LogP contribution in [0.3, 0.4) is 0 Å². The average molecular weight is 305 g/mol. The van der Waals surface area contributed by atoms with Gasteiger partial charge < -0.3 is 4.18 Å². The van der Waals surface area contributed by atoms with Crippen LogP contribution in [0.5, 0.6) is 0 Å². The maximum atomic E-state index is 12.3. The van der Waals surface area contributed by atoms with Crippen LogP contribution >= 0.6 is 0 Å². The molecule has 0 unspecified atom stereocenters. The van der Waals surface area contributed by atoms with Gasteiger partial charge in [-0.1, -0.05) is 55.1 Å². The fourth-order valence-electron chi connectivity index (χ4n) is 2.46. The number of hydrogen-bond acceptors (Lipinski definition) is 3. The maximum Gasteiger partial charge on any atom is 0.339 e. The fraction of sp³-hybridized carbons (Fsp3) is 0.0588. The van der Waals surface area contributed by atoms with Gasteiger partial charge in [-0.2, -0.15) is 8.42 Å². The van der Waals surface area contributed by atoms with Crippen LogP contribution in [0.1, 0.15) is 6.92 Å². The molecule has 0 aromatic heterocycles. The Morgan fingerprint density at radius 2 is 1.59 bits per heavy atom. The minimum atomic E-state index is -3.85. The van der Waals surface area contributed by atoms with Gasteiger partial charge in [0.25, 0.3) is 0 Å². The summed E-state index contributed by atoms with van der Waals surface area (Å²) in [7, 11) is -3.85. The van der Waals surface area contributed by atoms with Gasteiger partial charge in [-0.3, -0.25) is 0 Å². The first-order valence-corrected chi connectivity index (χ1v) is 7.90. The third kappa shape index (κ3) is 2.91. The Kier molecular flexibility index (Phi) is 4.67. The second kappa shape index (κ2) is 6.18. The first kappa shape index (κ1) is 16.6.